The second-order valence-corrected chi connectivity index (χ2v) is 3.54. The van der Waals surface area contributed by atoms with Gasteiger partial charge in [-0.1, -0.05) is 13.3 Å². The van der Waals surface area contributed by atoms with E-state index in [0.717, 1.165) is 11.8 Å². The fourth-order valence-corrected chi connectivity index (χ4v) is 1.73. The maximum atomic E-state index is 5.76. The zero-order chi connectivity index (χ0) is 6.85. The van der Waals surface area contributed by atoms with Crippen LogP contribution >= 0.6 is 0 Å². The van der Waals surface area contributed by atoms with Gasteiger partial charge in [-0.2, -0.15) is 0 Å². The van der Waals surface area contributed by atoms with Gasteiger partial charge in [0.25, 0.3) is 0 Å². The van der Waals surface area contributed by atoms with Crippen molar-refractivity contribution in [3.8, 4) is 0 Å². The third-order valence-electron chi connectivity index (χ3n) is 2.48. The molecule has 0 heterocycles. The summed E-state index contributed by atoms with van der Waals surface area (Å²) in [4.78, 5) is 0. The van der Waals surface area contributed by atoms with Gasteiger partial charge < -0.3 is 5.73 Å². The average Bonchev–Trinajstić information content (AvgIpc) is 2.14. The molecule has 3 atom stereocenters. The normalized spacial score (nSPS) is 39.0. The number of hydrogen-bond donors (Lipinski definition) is 1. The Bertz CT molecular complexity index is 88.6. The van der Waals surface area contributed by atoms with Crippen molar-refractivity contribution in [3.05, 3.63) is 0 Å². The molecule has 0 spiro atoms. The van der Waals surface area contributed by atoms with Gasteiger partial charge in [-0.15, -0.1) is 0 Å². The van der Waals surface area contributed by atoms with Crippen molar-refractivity contribution in [1.29, 1.82) is 0 Å². The molecule has 0 amide bonds. The van der Waals surface area contributed by atoms with E-state index in [9.17, 15) is 0 Å². The molecule has 1 saturated carbocycles. The van der Waals surface area contributed by atoms with E-state index in [2.05, 4.69) is 13.8 Å². The van der Waals surface area contributed by atoms with Gasteiger partial charge in [0.2, 0.25) is 0 Å². The van der Waals surface area contributed by atoms with Crippen molar-refractivity contribution in [2.24, 2.45) is 17.6 Å². The lowest BCUT2D eigenvalue weighted by Gasteiger charge is -2.12. The standard InChI is InChI=1S/C8H17N/c1-6-3-4-8(5-6)7(2)9/h6-8H,3-5,9H2,1-2H3. The van der Waals surface area contributed by atoms with Crippen LogP contribution in [0.4, 0.5) is 0 Å². The highest BCUT2D eigenvalue weighted by atomic mass is 14.6. The zero-order valence-corrected chi connectivity index (χ0v) is 6.43. The zero-order valence-electron chi connectivity index (χ0n) is 6.43. The molecule has 1 fully saturated rings. The summed E-state index contributed by atoms with van der Waals surface area (Å²) in [6.45, 7) is 4.45. The van der Waals surface area contributed by atoms with E-state index >= 15 is 0 Å². The molecule has 1 nitrogen and oxygen atoms in total. The molecule has 1 aliphatic rings. The first-order valence-electron chi connectivity index (χ1n) is 3.95. The van der Waals surface area contributed by atoms with Gasteiger partial charge in [-0.05, 0) is 31.6 Å². The van der Waals surface area contributed by atoms with Crippen LogP contribution in [0.1, 0.15) is 33.1 Å². The van der Waals surface area contributed by atoms with E-state index in [1.165, 1.54) is 19.3 Å². The minimum absolute atomic E-state index is 0.426. The highest BCUT2D eigenvalue weighted by molar-refractivity contribution is 4.77. The van der Waals surface area contributed by atoms with Crippen molar-refractivity contribution in [3.63, 3.8) is 0 Å². The third-order valence-corrected chi connectivity index (χ3v) is 2.48. The molecule has 0 saturated heterocycles. The van der Waals surface area contributed by atoms with Crippen LogP contribution in [-0.2, 0) is 0 Å². The first-order valence-corrected chi connectivity index (χ1v) is 3.95. The van der Waals surface area contributed by atoms with Gasteiger partial charge in [0.05, 0.1) is 0 Å². The molecule has 0 bridgehead atoms. The Labute approximate surface area is 57.6 Å². The highest BCUT2D eigenvalue weighted by Gasteiger charge is 2.23. The molecule has 0 aromatic rings. The molecule has 1 aliphatic carbocycles. The van der Waals surface area contributed by atoms with Crippen LogP contribution in [0.5, 0.6) is 0 Å². The number of rotatable bonds is 1. The monoisotopic (exact) mass is 127 g/mol. The van der Waals surface area contributed by atoms with E-state index in [1.807, 2.05) is 0 Å². The van der Waals surface area contributed by atoms with Crippen LogP contribution in [-0.4, -0.2) is 6.04 Å². The fraction of sp³-hybridized carbons (Fsp3) is 1.00. The summed E-state index contributed by atoms with van der Waals surface area (Å²) in [5, 5.41) is 0. The minimum Gasteiger partial charge on any atom is -0.328 e. The molecule has 54 valence electrons. The second-order valence-electron chi connectivity index (χ2n) is 3.54. The predicted molar refractivity (Wildman–Crippen MR) is 40.2 cm³/mol. The smallest absolute Gasteiger partial charge is 0.00388 e. The molecule has 0 aromatic heterocycles. The van der Waals surface area contributed by atoms with Crippen LogP contribution in [0.3, 0.4) is 0 Å². The van der Waals surface area contributed by atoms with Crippen LogP contribution in [0.2, 0.25) is 0 Å². The SMILES string of the molecule is CC1CCC(C(C)N)C1. The van der Waals surface area contributed by atoms with Gasteiger partial charge in [0.15, 0.2) is 0 Å². The molecule has 9 heavy (non-hydrogen) atoms. The van der Waals surface area contributed by atoms with E-state index in [-0.39, 0.29) is 0 Å². The molecule has 0 aromatic carbocycles. The largest absolute Gasteiger partial charge is 0.328 e. The van der Waals surface area contributed by atoms with E-state index in [4.69, 9.17) is 5.73 Å². The Kier molecular flexibility index (Phi) is 2.12. The lowest BCUT2D eigenvalue weighted by atomic mass is 9.99. The van der Waals surface area contributed by atoms with Crippen molar-refractivity contribution in [2.45, 2.75) is 39.2 Å². The lowest BCUT2D eigenvalue weighted by Crippen LogP contribution is -2.24. The topological polar surface area (TPSA) is 26.0 Å². The first kappa shape index (κ1) is 7.07. The number of hydrogen-bond acceptors (Lipinski definition) is 1. The molecule has 2 N–H and O–H groups in total. The molecular weight excluding hydrogens is 110 g/mol. The highest BCUT2D eigenvalue weighted by Crippen LogP contribution is 2.31. The molecule has 0 radical (unpaired) electrons. The van der Waals surface area contributed by atoms with Gasteiger partial charge in [-0.3, -0.25) is 0 Å². The van der Waals surface area contributed by atoms with Crippen molar-refractivity contribution >= 4 is 0 Å². The summed E-state index contributed by atoms with van der Waals surface area (Å²) in [7, 11) is 0. The summed E-state index contributed by atoms with van der Waals surface area (Å²) in [5.41, 5.74) is 5.76. The van der Waals surface area contributed by atoms with E-state index in [0.29, 0.717) is 6.04 Å². The minimum atomic E-state index is 0.426. The summed E-state index contributed by atoms with van der Waals surface area (Å²) >= 11 is 0. The van der Waals surface area contributed by atoms with Crippen LogP contribution < -0.4 is 5.73 Å². The maximum absolute atomic E-state index is 5.76. The number of nitrogens with two attached hydrogens (primary N) is 1. The van der Waals surface area contributed by atoms with Crippen LogP contribution in [0.15, 0.2) is 0 Å². The molecule has 0 aliphatic heterocycles. The Morgan fingerprint density at radius 3 is 2.33 bits per heavy atom. The Balaban J connectivity index is 2.30. The van der Waals surface area contributed by atoms with Gasteiger partial charge in [0, 0.05) is 6.04 Å². The van der Waals surface area contributed by atoms with Gasteiger partial charge >= 0.3 is 0 Å². The van der Waals surface area contributed by atoms with E-state index < -0.39 is 0 Å². The van der Waals surface area contributed by atoms with Crippen LogP contribution in [0.25, 0.3) is 0 Å². The molecule has 1 rings (SSSR count). The Morgan fingerprint density at radius 2 is 2.11 bits per heavy atom. The first-order chi connectivity index (χ1) is 4.20. The summed E-state index contributed by atoms with van der Waals surface area (Å²) < 4.78 is 0. The van der Waals surface area contributed by atoms with Crippen molar-refractivity contribution in [2.75, 3.05) is 0 Å². The molecular formula is C8H17N. The fourth-order valence-electron chi connectivity index (χ4n) is 1.73. The lowest BCUT2D eigenvalue weighted by molar-refractivity contribution is 0.441. The predicted octanol–water partition coefficient (Wildman–Crippen LogP) is 1.77. The summed E-state index contributed by atoms with van der Waals surface area (Å²) in [6, 6.07) is 0.426. The second kappa shape index (κ2) is 2.70. The van der Waals surface area contributed by atoms with E-state index in [1.54, 1.807) is 0 Å². The van der Waals surface area contributed by atoms with Gasteiger partial charge in [-0.25, -0.2) is 0 Å². The quantitative estimate of drug-likeness (QED) is 0.570. The Hall–Kier alpha value is -0.0400. The van der Waals surface area contributed by atoms with Crippen LogP contribution in [0, 0.1) is 11.8 Å². The maximum Gasteiger partial charge on any atom is 0.00388 e. The summed E-state index contributed by atoms with van der Waals surface area (Å²) in [5.74, 6) is 1.75. The third kappa shape index (κ3) is 1.68. The van der Waals surface area contributed by atoms with Crippen molar-refractivity contribution < 1.29 is 0 Å². The molecule has 3 unspecified atom stereocenters. The average molecular weight is 127 g/mol. The molecule has 1 heteroatoms. The van der Waals surface area contributed by atoms with Crippen molar-refractivity contribution in [1.82, 2.24) is 0 Å². The Morgan fingerprint density at radius 1 is 1.44 bits per heavy atom. The van der Waals surface area contributed by atoms with Gasteiger partial charge in [0.1, 0.15) is 0 Å². The summed E-state index contributed by atoms with van der Waals surface area (Å²) in [6.07, 6.45) is 4.11.